The smallest absolute Gasteiger partial charge is 0.274 e. The molecule has 0 atom stereocenters. The van der Waals surface area contributed by atoms with E-state index < -0.39 is 0 Å². The van der Waals surface area contributed by atoms with Gasteiger partial charge in [-0.3, -0.25) is 14.2 Å². The van der Waals surface area contributed by atoms with Crippen molar-refractivity contribution in [2.24, 2.45) is 7.05 Å². The van der Waals surface area contributed by atoms with Crippen LogP contribution in [0.4, 0.5) is 5.69 Å². The third-order valence-electron chi connectivity index (χ3n) is 5.75. The molecule has 2 N–H and O–H groups in total. The first-order chi connectivity index (χ1) is 14.6. The number of benzene rings is 2. The van der Waals surface area contributed by atoms with Crippen molar-refractivity contribution in [1.82, 2.24) is 14.7 Å². The summed E-state index contributed by atoms with van der Waals surface area (Å²) in [6, 6.07) is 16.5. The topological polar surface area (TPSA) is 51.0 Å². The molecule has 1 aliphatic carbocycles. The lowest BCUT2D eigenvalue weighted by atomic mass is 9.96. The molecule has 0 aliphatic heterocycles. The highest BCUT2D eigenvalue weighted by Gasteiger charge is 2.15. The third-order valence-corrected chi connectivity index (χ3v) is 5.97. The fraction of sp³-hybridized carbons (Fsp3) is 0.333. The molecule has 3 aromatic rings. The Balaban J connectivity index is 1.49. The van der Waals surface area contributed by atoms with Gasteiger partial charge in [0.2, 0.25) is 0 Å². The second-order valence-corrected chi connectivity index (χ2v) is 8.30. The number of aromatic nitrogens is 2. The standard InChI is InChI=1S/C24H28N4OS/c1-27-23(29)21-17-20(26-24(30)25-19-12-6-3-7-13-19)14-15-22(21)28(27)16-8-11-18-9-4-2-5-10-18/h2,4-5,8-11,14-15,17,19H,3,6-7,12-13,16H2,1H3,(H2,25,26,30)/b11-8+. The van der Waals surface area contributed by atoms with Crippen LogP contribution in [0.1, 0.15) is 37.7 Å². The zero-order chi connectivity index (χ0) is 20.9. The van der Waals surface area contributed by atoms with Crippen LogP contribution in [-0.4, -0.2) is 20.5 Å². The predicted molar refractivity (Wildman–Crippen MR) is 129 cm³/mol. The number of rotatable bonds is 5. The second-order valence-electron chi connectivity index (χ2n) is 7.89. The van der Waals surface area contributed by atoms with Crippen LogP contribution in [0.5, 0.6) is 0 Å². The van der Waals surface area contributed by atoms with Gasteiger partial charge >= 0.3 is 0 Å². The maximum absolute atomic E-state index is 12.8. The van der Waals surface area contributed by atoms with Gasteiger partial charge in [0.15, 0.2) is 5.11 Å². The molecule has 1 aliphatic rings. The molecule has 0 bridgehead atoms. The van der Waals surface area contributed by atoms with E-state index in [9.17, 15) is 4.79 Å². The molecule has 156 valence electrons. The van der Waals surface area contributed by atoms with E-state index in [4.69, 9.17) is 12.2 Å². The van der Waals surface area contributed by atoms with Crippen LogP contribution in [-0.2, 0) is 13.6 Å². The fourth-order valence-corrected chi connectivity index (χ4v) is 4.41. The largest absolute Gasteiger partial charge is 0.360 e. The van der Waals surface area contributed by atoms with E-state index in [1.807, 2.05) is 41.1 Å². The fourth-order valence-electron chi connectivity index (χ4n) is 4.13. The van der Waals surface area contributed by atoms with E-state index in [0.717, 1.165) is 16.8 Å². The molecule has 1 saturated carbocycles. The van der Waals surface area contributed by atoms with Gasteiger partial charge in [-0.1, -0.05) is 61.7 Å². The average molecular weight is 421 g/mol. The van der Waals surface area contributed by atoms with Gasteiger partial charge in [-0.15, -0.1) is 0 Å². The molecule has 1 aromatic heterocycles. The van der Waals surface area contributed by atoms with Crippen molar-refractivity contribution < 1.29 is 0 Å². The van der Waals surface area contributed by atoms with Gasteiger partial charge in [0.05, 0.1) is 17.4 Å². The number of thiocarbonyl (C=S) groups is 1. The van der Waals surface area contributed by atoms with E-state index in [2.05, 4.69) is 34.9 Å². The first kappa shape index (κ1) is 20.4. The number of fused-ring (bicyclic) bond motifs is 1. The summed E-state index contributed by atoms with van der Waals surface area (Å²) in [5.41, 5.74) is 2.89. The Kier molecular flexibility index (Phi) is 6.33. The van der Waals surface area contributed by atoms with Crippen LogP contribution in [0.2, 0.25) is 0 Å². The van der Waals surface area contributed by atoms with E-state index in [1.165, 1.54) is 32.1 Å². The maximum Gasteiger partial charge on any atom is 0.274 e. The van der Waals surface area contributed by atoms with Gasteiger partial charge in [0.1, 0.15) is 0 Å². The Morgan fingerprint density at radius 2 is 1.90 bits per heavy atom. The summed E-state index contributed by atoms with van der Waals surface area (Å²) in [7, 11) is 1.81. The molecule has 0 radical (unpaired) electrons. The molecule has 0 unspecified atom stereocenters. The summed E-state index contributed by atoms with van der Waals surface area (Å²) in [4.78, 5) is 12.8. The average Bonchev–Trinajstić information content (AvgIpc) is 3.00. The van der Waals surface area contributed by atoms with Crippen molar-refractivity contribution >= 4 is 40.0 Å². The van der Waals surface area contributed by atoms with Crippen molar-refractivity contribution in [2.45, 2.75) is 44.7 Å². The summed E-state index contributed by atoms with van der Waals surface area (Å²) >= 11 is 5.49. The van der Waals surface area contributed by atoms with Crippen molar-refractivity contribution in [2.75, 3.05) is 5.32 Å². The summed E-state index contributed by atoms with van der Waals surface area (Å²) in [6.45, 7) is 0.624. The van der Waals surface area contributed by atoms with E-state index in [0.29, 0.717) is 23.1 Å². The van der Waals surface area contributed by atoms with Gasteiger partial charge in [-0.05, 0) is 48.8 Å². The monoisotopic (exact) mass is 420 g/mol. The Morgan fingerprint density at radius 3 is 2.67 bits per heavy atom. The summed E-state index contributed by atoms with van der Waals surface area (Å²) in [5, 5.41) is 7.98. The summed E-state index contributed by atoms with van der Waals surface area (Å²) in [6.07, 6.45) is 10.3. The van der Waals surface area contributed by atoms with Crippen LogP contribution in [0.25, 0.3) is 17.0 Å². The van der Waals surface area contributed by atoms with Gasteiger partial charge in [-0.25, -0.2) is 0 Å². The Labute approximate surface area is 182 Å². The number of hydrogen-bond donors (Lipinski definition) is 2. The number of anilines is 1. The zero-order valence-electron chi connectivity index (χ0n) is 17.3. The molecular weight excluding hydrogens is 392 g/mol. The Hall–Kier alpha value is -2.86. The minimum absolute atomic E-state index is 0.00656. The SMILES string of the molecule is Cn1c(=O)c2cc(NC(=S)NC3CCCCC3)ccc2n1C/C=C/c1ccccc1. The van der Waals surface area contributed by atoms with Crippen molar-refractivity contribution in [3.8, 4) is 0 Å². The Bertz CT molecular complexity index is 1110. The molecule has 30 heavy (non-hydrogen) atoms. The number of nitrogens with zero attached hydrogens (tertiary/aromatic N) is 2. The quantitative estimate of drug-likeness (QED) is 0.589. The van der Waals surface area contributed by atoms with Gasteiger partial charge in [-0.2, -0.15) is 0 Å². The first-order valence-corrected chi connectivity index (χ1v) is 11.0. The van der Waals surface area contributed by atoms with Crippen molar-refractivity contribution in [3.63, 3.8) is 0 Å². The zero-order valence-corrected chi connectivity index (χ0v) is 18.1. The molecule has 1 heterocycles. The molecule has 0 amide bonds. The normalized spacial score (nSPS) is 15.0. The van der Waals surface area contributed by atoms with Crippen LogP contribution in [0.15, 0.2) is 59.4 Å². The molecule has 1 fully saturated rings. The lowest BCUT2D eigenvalue weighted by molar-refractivity contribution is 0.415. The molecule has 2 aromatic carbocycles. The van der Waals surface area contributed by atoms with Crippen molar-refractivity contribution in [1.29, 1.82) is 0 Å². The number of nitrogens with one attached hydrogen (secondary N) is 2. The highest BCUT2D eigenvalue weighted by molar-refractivity contribution is 7.80. The van der Waals surface area contributed by atoms with Crippen LogP contribution in [0, 0.1) is 0 Å². The minimum atomic E-state index is -0.00656. The summed E-state index contributed by atoms with van der Waals surface area (Å²) in [5.74, 6) is 0. The minimum Gasteiger partial charge on any atom is -0.360 e. The van der Waals surface area contributed by atoms with Crippen LogP contribution >= 0.6 is 12.2 Å². The molecule has 5 nitrogen and oxygen atoms in total. The summed E-state index contributed by atoms with van der Waals surface area (Å²) < 4.78 is 3.65. The van der Waals surface area contributed by atoms with Gasteiger partial charge in [0.25, 0.3) is 5.56 Å². The van der Waals surface area contributed by atoms with E-state index in [1.54, 1.807) is 11.7 Å². The van der Waals surface area contributed by atoms with Gasteiger partial charge in [0, 0.05) is 18.8 Å². The second kappa shape index (κ2) is 9.30. The van der Waals surface area contributed by atoms with Gasteiger partial charge < -0.3 is 10.6 Å². The molecule has 0 spiro atoms. The molecule has 0 saturated heterocycles. The first-order valence-electron chi connectivity index (χ1n) is 10.6. The van der Waals surface area contributed by atoms with E-state index >= 15 is 0 Å². The molecular formula is C24H28N4OS. The van der Waals surface area contributed by atoms with Crippen LogP contribution in [0.3, 0.4) is 0 Å². The predicted octanol–water partition coefficient (Wildman–Crippen LogP) is 4.67. The molecule has 4 rings (SSSR count). The number of hydrogen-bond acceptors (Lipinski definition) is 2. The highest BCUT2D eigenvalue weighted by Crippen LogP contribution is 2.19. The molecule has 6 heteroatoms. The maximum atomic E-state index is 12.8. The highest BCUT2D eigenvalue weighted by atomic mass is 32.1. The third kappa shape index (κ3) is 4.65. The number of allylic oxidation sites excluding steroid dienone is 1. The lowest BCUT2D eigenvalue weighted by Gasteiger charge is -2.24. The Morgan fingerprint density at radius 1 is 1.13 bits per heavy atom. The van der Waals surface area contributed by atoms with Crippen LogP contribution < -0.4 is 16.2 Å². The lowest BCUT2D eigenvalue weighted by Crippen LogP contribution is -2.38. The van der Waals surface area contributed by atoms with E-state index in [-0.39, 0.29) is 5.56 Å². The van der Waals surface area contributed by atoms with Crippen molar-refractivity contribution in [3.05, 3.63) is 70.5 Å².